The average molecular weight is 216 g/mol. The summed E-state index contributed by atoms with van der Waals surface area (Å²) in [5.74, 6) is -0.274. The van der Waals surface area contributed by atoms with E-state index in [4.69, 9.17) is 0 Å². The SMILES string of the molecule is Cn1c2c[nH]c(=O)cc2c2cccc(F)c21. The smallest absolute Gasteiger partial charge is 0.248 e. The van der Waals surface area contributed by atoms with Crippen molar-refractivity contribution in [3.05, 3.63) is 46.6 Å². The van der Waals surface area contributed by atoms with E-state index < -0.39 is 0 Å². The van der Waals surface area contributed by atoms with E-state index in [1.165, 1.54) is 12.1 Å². The molecule has 0 radical (unpaired) electrons. The first-order valence-electron chi connectivity index (χ1n) is 4.94. The van der Waals surface area contributed by atoms with Gasteiger partial charge in [0, 0.05) is 30.1 Å². The monoisotopic (exact) mass is 216 g/mol. The van der Waals surface area contributed by atoms with Crippen molar-refractivity contribution in [2.75, 3.05) is 0 Å². The highest BCUT2D eigenvalue weighted by molar-refractivity contribution is 6.07. The summed E-state index contributed by atoms with van der Waals surface area (Å²) in [7, 11) is 1.78. The molecule has 3 nitrogen and oxygen atoms in total. The number of nitrogens with one attached hydrogen (secondary N) is 1. The fourth-order valence-corrected chi connectivity index (χ4v) is 2.15. The maximum absolute atomic E-state index is 13.7. The van der Waals surface area contributed by atoms with Crippen LogP contribution in [-0.4, -0.2) is 9.55 Å². The maximum atomic E-state index is 13.7. The van der Waals surface area contributed by atoms with Gasteiger partial charge in [0.2, 0.25) is 5.56 Å². The summed E-state index contributed by atoms with van der Waals surface area (Å²) in [4.78, 5) is 13.9. The van der Waals surface area contributed by atoms with Gasteiger partial charge >= 0.3 is 0 Å². The number of H-pyrrole nitrogens is 1. The molecule has 0 spiro atoms. The molecule has 0 amide bonds. The predicted molar refractivity (Wildman–Crippen MR) is 61.0 cm³/mol. The molecule has 1 aromatic carbocycles. The number of aromatic amines is 1. The lowest BCUT2D eigenvalue weighted by Gasteiger charge is -1.97. The number of para-hydroxylation sites is 1. The Bertz CT molecular complexity index is 755. The van der Waals surface area contributed by atoms with E-state index >= 15 is 0 Å². The zero-order valence-corrected chi connectivity index (χ0v) is 8.62. The molecule has 0 saturated carbocycles. The molecule has 4 heteroatoms. The van der Waals surface area contributed by atoms with Crippen LogP contribution in [-0.2, 0) is 7.05 Å². The predicted octanol–water partition coefficient (Wildman–Crippen LogP) is 2.16. The summed E-state index contributed by atoms with van der Waals surface area (Å²) in [5.41, 5.74) is 1.17. The maximum Gasteiger partial charge on any atom is 0.248 e. The van der Waals surface area contributed by atoms with Crippen molar-refractivity contribution in [2.24, 2.45) is 7.05 Å². The zero-order valence-electron chi connectivity index (χ0n) is 8.62. The highest BCUT2D eigenvalue weighted by atomic mass is 19.1. The van der Waals surface area contributed by atoms with E-state index in [1.54, 1.807) is 23.9 Å². The van der Waals surface area contributed by atoms with Crippen LogP contribution in [0.25, 0.3) is 21.8 Å². The molecule has 1 N–H and O–H groups in total. The molecule has 80 valence electrons. The first-order valence-corrected chi connectivity index (χ1v) is 4.94. The standard InChI is InChI=1S/C12H9FN2O/c1-15-10-6-14-11(16)5-8(10)7-3-2-4-9(13)12(7)15/h2-6H,1H3,(H,14,16). The van der Waals surface area contributed by atoms with E-state index in [0.717, 1.165) is 16.3 Å². The summed E-state index contributed by atoms with van der Waals surface area (Å²) < 4.78 is 15.4. The summed E-state index contributed by atoms with van der Waals surface area (Å²) >= 11 is 0. The Kier molecular flexibility index (Phi) is 1.68. The molecular weight excluding hydrogens is 207 g/mol. The van der Waals surface area contributed by atoms with E-state index in [1.807, 2.05) is 6.07 Å². The van der Waals surface area contributed by atoms with Crippen LogP contribution in [0, 0.1) is 5.82 Å². The third-order valence-electron chi connectivity index (χ3n) is 2.88. The van der Waals surface area contributed by atoms with Gasteiger partial charge in [0.05, 0.1) is 11.0 Å². The van der Waals surface area contributed by atoms with Gasteiger partial charge in [0.1, 0.15) is 5.82 Å². The molecule has 16 heavy (non-hydrogen) atoms. The number of nitrogens with zero attached hydrogens (tertiary/aromatic N) is 1. The fraction of sp³-hybridized carbons (Fsp3) is 0.0833. The number of hydrogen-bond acceptors (Lipinski definition) is 1. The molecule has 3 rings (SSSR count). The topological polar surface area (TPSA) is 37.8 Å². The van der Waals surface area contributed by atoms with Crippen LogP contribution < -0.4 is 5.56 Å². The van der Waals surface area contributed by atoms with Crippen molar-refractivity contribution in [2.45, 2.75) is 0 Å². The lowest BCUT2D eigenvalue weighted by Crippen LogP contribution is -2.01. The number of aromatic nitrogens is 2. The number of aryl methyl sites for hydroxylation is 1. The molecular formula is C12H9FN2O. The second-order valence-corrected chi connectivity index (χ2v) is 3.79. The van der Waals surface area contributed by atoms with Crippen molar-refractivity contribution in [3.8, 4) is 0 Å². The van der Waals surface area contributed by atoms with Crippen LogP contribution in [0.15, 0.2) is 35.3 Å². The highest BCUT2D eigenvalue weighted by Gasteiger charge is 2.11. The van der Waals surface area contributed by atoms with Crippen LogP contribution in [0.5, 0.6) is 0 Å². The normalized spacial score (nSPS) is 11.4. The number of halogens is 1. The average Bonchev–Trinajstić information content (AvgIpc) is 2.54. The first kappa shape index (κ1) is 9.15. The van der Waals surface area contributed by atoms with Crippen LogP contribution in [0.3, 0.4) is 0 Å². The summed E-state index contributed by atoms with van der Waals surface area (Å²) in [6.45, 7) is 0. The molecule has 0 bridgehead atoms. The second-order valence-electron chi connectivity index (χ2n) is 3.79. The molecule has 3 aromatic rings. The van der Waals surface area contributed by atoms with Crippen LogP contribution in [0.1, 0.15) is 0 Å². The van der Waals surface area contributed by atoms with Gasteiger partial charge in [0.15, 0.2) is 0 Å². The van der Waals surface area contributed by atoms with Crippen molar-refractivity contribution in [1.29, 1.82) is 0 Å². The first-order chi connectivity index (χ1) is 7.68. The van der Waals surface area contributed by atoms with E-state index in [2.05, 4.69) is 4.98 Å². The van der Waals surface area contributed by atoms with Gasteiger partial charge in [-0.05, 0) is 6.07 Å². The second kappa shape index (κ2) is 2.95. The lowest BCUT2D eigenvalue weighted by molar-refractivity contribution is 0.633. The van der Waals surface area contributed by atoms with Crippen molar-refractivity contribution < 1.29 is 4.39 Å². The van der Waals surface area contributed by atoms with Gasteiger partial charge in [-0.3, -0.25) is 4.79 Å². The van der Waals surface area contributed by atoms with Crippen LogP contribution in [0.2, 0.25) is 0 Å². The van der Waals surface area contributed by atoms with E-state index in [-0.39, 0.29) is 11.4 Å². The Balaban J connectivity index is 2.70. The Morgan fingerprint density at radius 2 is 2.12 bits per heavy atom. The van der Waals surface area contributed by atoms with E-state index in [9.17, 15) is 9.18 Å². The Morgan fingerprint density at radius 3 is 2.94 bits per heavy atom. The molecule has 2 heterocycles. The number of pyridine rings is 1. The molecule has 2 aromatic heterocycles. The molecule has 0 aliphatic rings. The Labute approximate surface area is 90.1 Å². The van der Waals surface area contributed by atoms with Crippen LogP contribution in [0.4, 0.5) is 4.39 Å². The number of rotatable bonds is 0. The van der Waals surface area contributed by atoms with Crippen molar-refractivity contribution in [3.63, 3.8) is 0 Å². The number of fused-ring (bicyclic) bond motifs is 3. The highest BCUT2D eigenvalue weighted by Crippen LogP contribution is 2.27. The minimum Gasteiger partial charge on any atom is -0.340 e. The van der Waals surface area contributed by atoms with Crippen LogP contribution >= 0.6 is 0 Å². The molecule has 0 atom stereocenters. The summed E-state index contributed by atoms with van der Waals surface area (Å²) in [6.07, 6.45) is 1.61. The van der Waals surface area contributed by atoms with Crippen molar-refractivity contribution in [1.82, 2.24) is 9.55 Å². The molecule has 0 fully saturated rings. The summed E-state index contributed by atoms with van der Waals surface area (Å²) in [5, 5.41) is 1.55. The van der Waals surface area contributed by atoms with Gasteiger partial charge in [-0.15, -0.1) is 0 Å². The zero-order chi connectivity index (χ0) is 11.3. The van der Waals surface area contributed by atoms with Gasteiger partial charge in [-0.2, -0.15) is 0 Å². The van der Waals surface area contributed by atoms with Gasteiger partial charge < -0.3 is 9.55 Å². The number of hydrogen-bond donors (Lipinski definition) is 1. The molecule has 0 aliphatic heterocycles. The molecule has 0 unspecified atom stereocenters. The van der Waals surface area contributed by atoms with Crippen molar-refractivity contribution >= 4 is 21.8 Å². The third-order valence-corrected chi connectivity index (χ3v) is 2.88. The lowest BCUT2D eigenvalue weighted by atomic mass is 10.2. The number of benzene rings is 1. The van der Waals surface area contributed by atoms with Gasteiger partial charge in [0.25, 0.3) is 0 Å². The third kappa shape index (κ3) is 1.04. The Morgan fingerprint density at radius 1 is 1.31 bits per heavy atom. The minimum absolute atomic E-state index is 0.177. The van der Waals surface area contributed by atoms with Gasteiger partial charge in [-0.1, -0.05) is 12.1 Å². The Hall–Kier alpha value is -2.10. The molecule has 0 aliphatic carbocycles. The fourth-order valence-electron chi connectivity index (χ4n) is 2.15. The molecule has 0 saturated heterocycles. The summed E-state index contributed by atoms with van der Waals surface area (Å²) in [6, 6.07) is 6.39. The van der Waals surface area contributed by atoms with Gasteiger partial charge in [-0.25, -0.2) is 4.39 Å². The van der Waals surface area contributed by atoms with E-state index in [0.29, 0.717) is 5.52 Å². The minimum atomic E-state index is -0.274. The largest absolute Gasteiger partial charge is 0.340 e. The quantitative estimate of drug-likeness (QED) is 0.614.